The monoisotopic (exact) mass is 472 g/mol. The number of fused-ring (bicyclic) bond motifs is 1. The number of hydrogen-bond acceptors (Lipinski definition) is 4. The second-order valence-electron chi connectivity index (χ2n) is 6.78. The number of nitrogens with two attached hydrogens (primary N) is 1. The lowest BCUT2D eigenvalue weighted by Crippen LogP contribution is -2.24. The molecule has 10 heteroatoms. The summed E-state index contributed by atoms with van der Waals surface area (Å²) in [5, 5.41) is 6.08. The molecular weight excluding hydrogens is 455 g/mol. The maximum atomic E-state index is 14.1. The summed E-state index contributed by atoms with van der Waals surface area (Å²) in [6.07, 6.45) is 2.66. The van der Waals surface area contributed by atoms with Crippen LogP contribution in [0.1, 0.15) is 5.56 Å². The highest BCUT2D eigenvalue weighted by Gasteiger charge is 2.24. The first-order valence-electron chi connectivity index (χ1n) is 9.23. The van der Waals surface area contributed by atoms with Gasteiger partial charge in [-0.1, -0.05) is 48.5 Å². The normalized spacial score (nSPS) is 13.0. The molecule has 0 amide bonds. The van der Waals surface area contributed by atoms with Gasteiger partial charge in [0.1, 0.15) is 22.1 Å². The van der Waals surface area contributed by atoms with Crippen molar-refractivity contribution in [1.29, 1.82) is 0 Å². The molecule has 0 aliphatic rings. The molecule has 164 valence electrons. The number of anilines is 1. The SMILES string of the molecule is NS(=O)(=O)c1c(F)cccc1N(C=Cc1ccc(-c2cc3ccccc3o2)cc1)S(=O)O. The van der Waals surface area contributed by atoms with Crippen molar-refractivity contribution in [3.8, 4) is 11.3 Å². The Kier molecular flexibility index (Phi) is 5.94. The van der Waals surface area contributed by atoms with Crippen LogP contribution in [0.2, 0.25) is 0 Å². The molecule has 3 N–H and O–H groups in total. The van der Waals surface area contributed by atoms with Crippen LogP contribution in [0.15, 0.2) is 88.3 Å². The molecule has 32 heavy (non-hydrogen) atoms. The van der Waals surface area contributed by atoms with Crippen LogP contribution in [0.4, 0.5) is 10.1 Å². The molecule has 0 spiro atoms. The van der Waals surface area contributed by atoms with Crippen molar-refractivity contribution < 1.29 is 26.0 Å². The van der Waals surface area contributed by atoms with E-state index in [4.69, 9.17) is 9.56 Å². The molecule has 1 heterocycles. The Morgan fingerprint density at radius 2 is 1.75 bits per heavy atom. The molecule has 1 aromatic heterocycles. The molecule has 0 aliphatic heterocycles. The summed E-state index contributed by atoms with van der Waals surface area (Å²) in [7, 11) is -4.48. The lowest BCUT2D eigenvalue weighted by molar-refractivity contribution is 0.561. The molecule has 4 aromatic rings. The van der Waals surface area contributed by atoms with Crippen LogP contribution < -0.4 is 9.44 Å². The highest BCUT2D eigenvalue weighted by Crippen LogP contribution is 2.30. The molecule has 0 saturated heterocycles. The van der Waals surface area contributed by atoms with Crippen LogP contribution in [0.5, 0.6) is 0 Å². The first kappa shape index (κ1) is 21.9. The number of sulfonamides is 1. The van der Waals surface area contributed by atoms with E-state index in [9.17, 15) is 21.6 Å². The maximum absolute atomic E-state index is 14.1. The van der Waals surface area contributed by atoms with E-state index in [2.05, 4.69) is 0 Å². The van der Waals surface area contributed by atoms with Crippen LogP contribution >= 0.6 is 0 Å². The Morgan fingerprint density at radius 1 is 1.03 bits per heavy atom. The molecule has 1 unspecified atom stereocenters. The van der Waals surface area contributed by atoms with E-state index in [0.29, 0.717) is 15.6 Å². The van der Waals surface area contributed by atoms with Gasteiger partial charge in [0, 0.05) is 17.1 Å². The van der Waals surface area contributed by atoms with E-state index in [-0.39, 0.29) is 5.69 Å². The van der Waals surface area contributed by atoms with Crippen molar-refractivity contribution in [2.75, 3.05) is 4.31 Å². The Balaban J connectivity index is 1.64. The fourth-order valence-corrected chi connectivity index (χ4v) is 4.55. The first-order valence-corrected chi connectivity index (χ1v) is 11.8. The zero-order valence-corrected chi connectivity index (χ0v) is 18.0. The fraction of sp³-hybridized carbons (Fsp3) is 0. The predicted molar refractivity (Wildman–Crippen MR) is 122 cm³/mol. The maximum Gasteiger partial charge on any atom is 0.266 e. The number of para-hydroxylation sites is 1. The van der Waals surface area contributed by atoms with E-state index >= 15 is 0 Å². The second kappa shape index (κ2) is 8.67. The van der Waals surface area contributed by atoms with Crippen LogP contribution in [0, 0.1) is 5.82 Å². The van der Waals surface area contributed by atoms with Crippen molar-refractivity contribution >= 4 is 44.0 Å². The van der Waals surface area contributed by atoms with Gasteiger partial charge >= 0.3 is 0 Å². The average Bonchev–Trinajstić information content (AvgIpc) is 3.17. The zero-order valence-electron chi connectivity index (χ0n) is 16.4. The summed E-state index contributed by atoms with van der Waals surface area (Å²) < 4.78 is 65.8. The first-order chi connectivity index (χ1) is 15.2. The third-order valence-corrected chi connectivity index (χ3v) is 6.29. The summed E-state index contributed by atoms with van der Waals surface area (Å²) in [6.45, 7) is 0. The second-order valence-corrected chi connectivity index (χ2v) is 9.13. The van der Waals surface area contributed by atoms with Gasteiger partial charge in [-0.3, -0.25) is 4.55 Å². The molecule has 0 bridgehead atoms. The van der Waals surface area contributed by atoms with Gasteiger partial charge in [0.05, 0.1) is 5.69 Å². The van der Waals surface area contributed by atoms with Crippen molar-refractivity contribution in [2.45, 2.75) is 4.90 Å². The number of hydrogen-bond donors (Lipinski definition) is 2. The molecule has 0 fully saturated rings. The number of furan rings is 1. The van der Waals surface area contributed by atoms with Crippen molar-refractivity contribution in [2.24, 2.45) is 5.14 Å². The lowest BCUT2D eigenvalue weighted by atomic mass is 10.1. The summed E-state index contributed by atoms with van der Waals surface area (Å²) in [4.78, 5) is -0.868. The van der Waals surface area contributed by atoms with E-state index in [1.807, 2.05) is 42.5 Å². The predicted octanol–water partition coefficient (Wildman–Crippen LogP) is 4.50. The third-order valence-electron chi connectivity index (χ3n) is 4.66. The number of nitrogens with zero attached hydrogens (tertiary/aromatic N) is 1. The van der Waals surface area contributed by atoms with Gasteiger partial charge < -0.3 is 4.42 Å². The lowest BCUT2D eigenvalue weighted by Gasteiger charge is -2.18. The zero-order chi connectivity index (χ0) is 22.9. The molecule has 0 radical (unpaired) electrons. The summed E-state index contributed by atoms with van der Waals surface area (Å²) >= 11 is -2.68. The molecule has 7 nitrogen and oxygen atoms in total. The number of halogens is 1. The summed E-state index contributed by atoms with van der Waals surface area (Å²) in [5.41, 5.74) is 1.90. The van der Waals surface area contributed by atoms with E-state index < -0.39 is 32.0 Å². The molecule has 0 saturated carbocycles. The number of rotatable bonds is 6. The standard InChI is InChI=1S/C22H17FN2O5S2/c23-18-5-3-6-19(22(18)32(24,28)29)25(31(26)27)13-12-15-8-10-16(11-9-15)21-14-17-4-1-2-7-20(17)30-21/h1-14H,(H,26,27)(H2,24,28,29). The van der Waals surface area contributed by atoms with E-state index in [1.165, 1.54) is 24.4 Å². The van der Waals surface area contributed by atoms with Gasteiger partial charge in [-0.2, -0.15) is 0 Å². The van der Waals surface area contributed by atoms with Gasteiger partial charge in [0.25, 0.3) is 11.3 Å². The van der Waals surface area contributed by atoms with Gasteiger partial charge in [-0.25, -0.2) is 26.5 Å². The topological polar surface area (TPSA) is 114 Å². The minimum atomic E-state index is -4.48. The van der Waals surface area contributed by atoms with Crippen LogP contribution in [-0.4, -0.2) is 17.2 Å². The van der Waals surface area contributed by atoms with Crippen LogP contribution in [0.3, 0.4) is 0 Å². The highest BCUT2D eigenvalue weighted by molar-refractivity contribution is 7.89. The summed E-state index contributed by atoms with van der Waals surface area (Å²) in [5.74, 6) is -0.429. The van der Waals surface area contributed by atoms with Crippen molar-refractivity contribution in [3.05, 3.63) is 90.4 Å². The molecule has 0 aliphatic carbocycles. The minimum absolute atomic E-state index is 0.358. The number of benzene rings is 3. The highest BCUT2D eigenvalue weighted by atomic mass is 32.2. The smallest absolute Gasteiger partial charge is 0.266 e. The average molecular weight is 473 g/mol. The number of primary sulfonamides is 1. The van der Waals surface area contributed by atoms with Crippen LogP contribution in [0.25, 0.3) is 28.4 Å². The van der Waals surface area contributed by atoms with Crippen molar-refractivity contribution in [3.63, 3.8) is 0 Å². The third kappa shape index (κ3) is 4.48. The summed E-state index contributed by atoms with van der Waals surface area (Å²) in [6, 6.07) is 20.0. The molecule has 1 atom stereocenters. The fourth-order valence-electron chi connectivity index (χ4n) is 3.21. The quantitative estimate of drug-likeness (QED) is 0.401. The molecular formula is C22H17FN2O5S2. The Morgan fingerprint density at radius 3 is 2.41 bits per heavy atom. The van der Waals surface area contributed by atoms with Gasteiger partial charge in [0.15, 0.2) is 0 Å². The minimum Gasteiger partial charge on any atom is -0.456 e. The van der Waals surface area contributed by atoms with Crippen LogP contribution in [-0.2, 0) is 21.3 Å². The van der Waals surface area contributed by atoms with Gasteiger partial charge in [-0.05, 0) is 35.9 Å². The van der Waals surface area contributed by atoms with Crippen molar-refractivity contribution in [1.82, 2.24) is 0 Å². The Labute approximate surface area is 186 Å². The molecule has 4 rings (SSSR count). The largest absolute Gasteiger partial charge is 0.456 e. The van der Waals surface area contributed by atoms with E-state index in [0.717, 1.165) is 22.6 Å². The molecule has 3 aromatic carbocycles. The van der Waals surface area contributed by atoms with Gasteiger partial charge in [0.2, 0.25) is 10.0 Å². The Hall–Kier alpha value is -3.31. The van der Waals surface area contributed by atoms with Gasteiger partial charge in [-0.15, -0.1) is 0 Å². The Bertz CT molecular complexity index is 1410. The van der Waals surface area contributed by atoms with E-state index in [1.54, 1.807) is 12.1 Å².